The fraction of sp³-hybridized carbons (Fsp3) is 0.240. The summed E-state index contributed by atoms with van der Waals surface area (Å²) in [6, 6.07) is 16.3. The van der Waals surface area contributed by atoms with Gasteiger partial charge in [-0.2, -0.15) is 0 Å². The lowest BCUT2D eigenvalue weighted by Gasteiger charge is -2.25. The Balaban J connectivity index is 1.83. The molecule has 0 aliphatic carbocycles. The summed E-state index contributed by atoms with van der Waals surface area (Å²) in [5.41, 5.74) is 1.37. The van der Waals surface area contributed by atoms with Gasteiger partial charge in [0.2, 0.25) is 0 Å². The molecule has 1 aromatic heterocycles. The molecule has 1 fully saturated rings. The lowest BCUT2D eigenvalue weighted by atomic mass is 9.95. The molecule has 0 bridgehead atoms. The summed E-state index contributed by atoms with van der Waals surface area (Å²) in [5.74, 6) is -1.36. The van der Waals surface area contributed by atoms with Crippen LogP contribution in [0.15, 0.2) is 72.6 Å². The van der Waals surface area contributed by atoms with Crippen molar-refractivity contribution in [3.05, 3.63) is 83.7 Å². The number of hydrogen-bond acceptors (Lipinski definition) is 4. The average Bonchev–Trinajstić information content (AvgIpc) is 3.04. The zero-order valence-electron chi connectivity index (χ0n) is 16.9. The van der Waals surface area contributed by atoms with Crippen molar-refractivity contribution in [2.45, 2.75) is 32.2 Å². The topological polar surface area (TPSA) is 70.5 Å². The smallest absolute Gasteiger partial charge is 0.295 e. The fourth-order valence-electron chi connectivity index (χ4n) is 4.02. The third kappa shape index (κ3) is 3.59. The molecule has 1 unspecified atom stereocenters. The molecule has 152 valence electrons. The van der Waals surface area contributed by atoms with E-state index in [1.807, 2.05) is 42.5 Å². The van der Waals surface area contributed by atoms with Gasteiger partial charge in [-0.05, 0) is 34.9 Å². The molecule has 4 rings (SSSR count). The number of unbranched alkanes of at least 4 members (excludes halogenated alkanes) is 2. The van der Waals surface area contributed by atoms with Crippen molar-refractivity contribution in [1.82, 2.24) is 9.88 Å². The number of aliphatic hydroxyl groups is 1. The second kappa shape index (κ2) is 8.49. The maximum absolute atomic E-state index is 13.0. The minimum absolute atomic E-state index is 0.125. The molecule has 0 radical (unpaired) electrons. The number of Topliss-reactive ketones (excluding diaryl/α,β-unsaturated/α-hetero) is 1. The first kappa shape index (κ1) is 19.8. The summed E-state index contributed by atoms with van der Waals surface area (Å²) in [6.45, 7) is 2.55. The molecule has 3 aromatic rings. The maximum Gasteiger partial charge on any atom is 0.295 e. The number of likely N-dealkylation sites (tertiary alicyclic amines) is 1. The Morgan fingerprint density at radius 2 is 1.83 bits per heavy atom. The first-order valence-corrected chi connectivity index (χ1v) is 10.3. The molecular weight excluding hydrogens is 376 g/mol. The number of hydrogen-bond donors (Lipinski definition) is 1. The quantitative estimate of drug-likeness (QED) is 0.278. The van der Waals surface area contributed by atoms with E-state index in [-0.39, 0.29) is 11.3 Å². The van der Waals surface area contributed by atoms with Gasteiger partial charge in [0.15, 0.2) is 0 Å². The zero-order chi connectivity index (χ0) is 21.1. The van der Waals surface area contributed by atoms with Crippen LogP contribution in [0.1, 0.15) is 43.4 Å². The minimum atomic E-state index is -0.647. The average molecular weight is 400 g/mol. The standard InChI is InChI=1S/C25H24N2O3/c1-2-3-6-14-27-22(20-10-7-13-26-16-20)21(24(29)25(27)30)23(28)19-12-11-17-8-4-5-9-18(17)15-19/h4-5,7-13,15-16,22,28H,2-3,6,14H2,1H3/b23-21-. The van der Waals surface area contributed by atoms with Gasteiger partial charge in [-0.25, -0.2) is 0 Å². The molecule has 2 heterocycles. The van der Waals surface area contributed by atoms with Crippen LogP contribution in [-0.4, -0.2) is 33.2 Å². The number of rotatable bonds is 6. The van der Waals surface area contributed by atoms with Crippen LogP contribution in [0.5, 0.6) is 0 Å². The Hall–Kier alpha value is -3.47. The van der Waals surface area contributed by atoms with Crippen molar-refractivity contribution in [3.63, 3.8) is 0 Å². The van der Waals surface area contributed by atoms with Crippen LogP contribution < -0.4 is 0 Å². The molecule has 5 heteroatoms. The normalized spacial score (nSPS) is 18.3. The number of pyridine rings is 1. The van der Waals surface area contributed by atoms with Crippen LogP contribution >= 0.6 is 0 Å². The highest BCUT2D eigenvalue weighted by atomic mass is 16.3. The predicted octanol–water partition coefficient (Wildman–Crippen LogP) is 4.85. The monoisotopic (exact) mass is 400 g/mol. The second-order valence-corrected chi connectivity index (χ2v) is 7.55. The van der Waals surface area contributed by atoms with E-state index in [1.165, 1.54) is 0 Å². The lowest BCUT2D eigenvalue weighted by molar-refractivity contribution is -0.139. The van der Waals surface area contributed by atoms with Gasteiger partial charge in [0.25, 0.3) is 11.7 Å². The maximum atomic E-state index is 13.0. The molecule has 1 atom stereocenters. The summed E-state index contributed by atoms with van der Waals surface area (Å²) < 4.78 is 0. The Labute approximate surface area is 175 Å². The highest BCUT2D eigenvalue weighted by molar-refractivity contribution is 6.46. The molecule has 1 amide bonds. The van der Waals surface area contributed by atoms with Crippen molar-refractivity contribution >= 4 is 28.2 Å². The van der Waals surface area contributed by atoms with Crippen molar-refractivity contribution in [2.24, 2.45) is 0 Å². The SMILES string of the molecule is CCCCCN1C(=O)C(=O)/C(=C(\O)c2ccc3ccccc3c2)C1c1cccnc1. The molecule has 2 aromatic carbocycles. The van der Waals surface area contributed by atoms with Gasteiger partial charge in [-0.3, -0.25) is 14.6 Å². The Morgan fingerprint density at radius 3 is 2.57 bits per heavy atom. The summed E-state index contributed by atoms with van der Waals surface area (Å²) in [7, 11) is 0. The van der Waals surface area contributed by atoms with Crippen molar-refractivity contribution < 1.29 is 14.7 Å². The van der Waals surface area contributed by atoms with E-state index in [9.17, 15) is 14.7 Å². The predicted molar refractivity (Wildman–Crippen MR) is 117 cm³/mol. The molecular formula is C25H24N2O3. The van der Waals surface area contributed by atoms with E-state index >= 15 is 0 Å². The van der Waals surface area contributed by atoms with Gasteiger partial charge in [0.05, 0.1) is 11.6 Å². The fourth-order valence-corrected chi connectivity index (χ4v) is 4.02. The van der Waals surface area contributed by atoms with Crippen LogP contribution in [0.3, 0.4) is 0 Å². The molecule has 1 aliphatic heterocycles. The van der Waals surface area contributed by atoms with E-state index in [0.29, 0.717) is 12.1 Å². The number of aliphatic hydroxyl groups excluding tert-OH is 1. The molecule has 0 saturated carbocycles. The number of carbonyl (C=O) groups is 2. The van der Waals surface area contributed by atoms with Gasteiger partial charge in [-0.15, -0.1) is 0 Å². The van der Waals surface area contributed by atoms with Crippen LogP contribution in [0, 0.1) is 0 Å². The number of carbonyl (C=O) groups excluding carboxylic acids is 2. The van der Waals surface area contributed by atoms with Crippen LogP contribution in [0.4, 0.5) is 0 Å². The lowest BCUT2D eigenvalue weighted by Crippen LogP contribution is -2.30. The second-order valence-electron chi connectivity index (χ2n) is 7.55. The zero-order valence-corrected chi connectivity index (χ0v) is 16.9. The molecule has 0 spiro atoms. The summed E-state index contributed by atoms with van der Waals surface area (Å²) >= 11 is 0. The number of ketones is 1. The largest absolute Gasteiger partial charge is 0.507 e. The van der Waals surface area contributed by atoms with Crippen molar-refractivity contribution in [2.75, 3.05) is 6.54 Å². The number of amides is 1. The number of aromatic nitrogens is 1. The number of benzene rings is 2. The van der Waals surface area contributed by atoms with Gasteiger partial charge >= 0.3 is 0 Å². The van der Waals surface area contributed by atoms with Crippen molar-refractivity contribution in [3.8, 4) is 0 Å². The van der Waals surface area contributed by atoms with Gasteiger partial charge in [0.1, 0.15) is 5.76 Å². The molecule has 1 aliphatic rings. The Kier molecular flexibility index (Phi) is 5.61. The van der Waals surface area contributed by atoms with Crippen LogP contribution in [0.2, 0.25) is 0 Å². The molecule has 1 saturated heterocycles. The Bertz CT molecular complexity index is 1120. The van der Waals surface area contributed by atoms with E-state index in [4.69, 9.17) is 0 Å². The number of fused-ring (bicyclic) bond motifs is 1. The minimum Gasteiger partial charge on any atom is -0.507 e. The van der Waals surface area contributed by atoms with Crippen LogP contribution in [-0.2, 0) is 9.59 Å². The highest BCUT2D eigenvalue weighted by Gasteiger charge is 2.45. The van der Waals surface area contributed by atoms with Gasteiger partial charge < -0.3 is 10.0 Å². The first-order chi connectivity index (χ1) is 14.6. The Morgan fingerprint density at radius 1 is 1.03 bits per heavy atom. The highest BCUT2D eigenvalue weighted by Crippen LogP contribution is 2.39. The molecule has 5 nitrogen and oxygen atoms in total. The summed E-state index contributed by atoms with van der Waals surface area (Å²) in [5, 5.41) is 13.1. The third-order valence-electron chi connectivity index (χ3n) is 5.57. The number of nitrogens with zero attached hydrogens (tertiary/aromatic N) is 2. The van der Waals surface area contributed by atoms with E-state index in [2.05, 4.69) is 11.9 Å². The first-order valence-electron chi connectivity index (χ1n) is 10.3. The van der Waals surface area contributed by atoms with E-state index in [0.717, 1.165) is 35.6 Å². The third-order valence-corrected chi connectivity index (χ3v) is 5.57. The summed E-state index contributed by atoms with van der Waals surface area (Å²) in [6.07, 6.45) is 6.08. The van der Waals surface area contributed by atoms with E-state index < -0.39 is 17.7 Å². The van der Waals surface area contributed by atoms with Crippen molar-refractivity contribution in [1.29, 1.82) is 0 Å². The van der Waals surface area contributed by atoms with Gasteiger partial charge in [0, 0.05) is 24.5 Å². The molecule has 1 N–H and O–H groups in total. The van der Waals surface area contributed by atoms with Crippen LogP contribution in [0.25, 0.3) is 16.5 Å². The summed E-state index contributed by atoms with van der Waals surface area (Å²) in [4.78, 5) is 31.6. The van der Waals surface area contributed by atoms with E-state index in [1.54, 1.807) is 29.4 Å². The van der Waals surface area contributed by atoms with Gasteiger partial charge in [-0.1, -0.05) is 62.2 Å². The molecule has 30 heavy (non-hydrogen) atoms.